The SMILES string of the molecule is C=CC(C)=N/C(N)=C\C. The van der Waals surface area contributed by atoms with Gasteiger partial charge < -0.3 is 5.73 Å². The Labute approximate surface area is 55.8 Å². The van der Waals surface area contributed by atoms with Crippen molar-refractivity contribution in [2.45, 2.75) is 13.8 Å². The smallest absolute Gasteiger partial charge is 0.119 e. The molecule has 9 heavy (non-hydrogen) atoms. The normalized spacial score (nSPS) is 13.6. The molecule has 0 aliphatic rings. The third-order valence-electron chi connectivity index (χ3n) is 0.897. The molecule has 2 nitrogen and oxygen atoms in total. The maximum Gasteiger partial charge on any atom is 0.119 e. The molecule has 0 bridgehead atoms. The van der Waals surface area contributed by atoms with Crippen LogP contribution >= 0.6 is 0 Å². The van der Waals surface area contributed by atoms with E-state index in [4.69, 9.17) is 5.73 Å². The fourth-order valence-electron chi connectivity index (χ4n) is 0.314. The average Bonchev–Trinajstić information content (AvgIpc) is 1.87. The molecule has 0 fully saturated rings. The van der Waals surface area contributed by atoms with Crippen LogP contribution < -0.4 is 5.73 Å². The van der Waals surface area contributed by atoms with Crippen molar-refractivity contribution in [3.63, 3.8) is 0 Å². The fourth-order valence-corrected chi connectivity index (χ4v) is 0.314. The molecular formula is C7H12N2. The Morgan fingerprint density at radius 2 is 2.22 bits per heavy atom. The average molecular weight is 124 g/mol. The predicted octanol–water partition coefficient (Wildman–Crippen LogP) is 1.45. The lowest BCUT2D eigenvalue weighted by Crippen LogP contribution is -1.95. The fraction of sp³-hybridized carbons (Fsp3) is 0.286. The molecule has 0 amide bonds. The molecule has 0 aromatic heterocycles. The Morgan fingerprint density at radius 1 is 1.67 bits per heavy atom. The van der Waals surface area contributed by atoms with Crippen LogP contribution in [-0.4, -0.2) is 5.71 Å². The zero-order valence-electron chi connectivity index (χ0n) is 5.89. The number of rotatable bonds is 2. The second kappa shape index (κ2) is 3.89. The molecule has 2 N–H and O–H groups in total. The minimum Gasteiger partial charge on any atom is -0.384 e. The maximum absolute atomic E-state index is 5.38. The minimum atomic E-state index is 0.535. The molecule has 0 atom stereocenters. The monoisotopic (exact) mass is 124 g/mol. The van der Waals surface area contributed by atoms with Gasteiger partial charge in [-0.25, -0.2) is 4.99 Å². The van der Waals surface area contributed by atoms with Crippen molar-refractivity contribution in [2.24, 2.45) is 10.7 Å². The van der Waals surface area contributed by atoms with E-state index >= 15 is 0 Å². The van der Waals surface area contributed by atoms with Gasteiger partial charge in [-0.3, -0.25) is 0 Å². The van der Waals surface area contributed by atoms with E-state index < -0.39 is 0 Å². The van der Waals surface area contributed by atoms with Crippen LogP contribution in [0.2, 0.25) is 0 Å². The molecule has 0 spiro atoms. The van der Waals surface area contributed by atoms with Gasteiger partial charge in [-0.15, -0.1) is 0 Å². The number of nitrogens with two attached hydrogens (primary N) is 1. The Balaban J connectivity index is 4.11. The largest absolute Gasteiger partial charge is 0.384 e. The molecule has 0 saturated heterocycles. The quantitative estimate of drug-likeness (QED) is 0.556. The zero-order valence-corrected chi connectivity index (χ0v) is 5.89. The van der Waals surface area contributed by atoms with Crippen molar-refractivity contribution >= 4 is 5.71 Å². The van der Waals surface area contributed by atoms with E-state index in [1.165, 1.54) is 0 Å². The summed E-state index contributed by atoms with van der Waals surface area (Å²) >= 11 is 0. The summed E-state index contributed by atoms with van der Waals surface area (Å²) in [6.45, 7) is 7.23. The summed E-state index contributed by atoms with van der Waals surface area (Å²) in [5, 5.41) is 0. The molecule has 2 heteroatoms. The lowest BCUT2D eigenvalue weighted by molar-refractivity contribution is 1.22. The third-order valence-corrected chi connectivity index (χ3v) is 0.897. The van der Waals surface area contributed by atoms with Gasteiger partial charge in [-0.05, 0) is 26.0 Å². The zero-order chi connectivity index (χ0) is 7.28. The van der Waals surface area contributed by atoms with Gasteiger partial charge in [0.2, 0.25) is 0 Å². The van der Waals surface area contributed by atoms with E-state index in [9.17, 15) is 0 Å². The first-order chi connectivity index (χ1) is 4.20. The van der Waals surface area contributed by atoms with Gasteiger partial charge in [0, 0.05) is 5.71 Å². The summed E-state index contributed by atoms with van der Waals surface area (Å²) < 4.78 is 0. The van der Waals surface area contributed by atoms with Gasteiger partial charge >= 0.3 is 0 Å². The standard InChI is InChI=1S/C7H12N2/c1-4-6(3)9-7(8)5-2/h4-5H,1,8H2,2-3H3/b7-5-,9-6?. The Hall–Kier alpha value is -1.05. The highest BCUT2D eigenvalue weighted by Gasteiger charge is 1.81. The molecule has 0 aliphatic heterocycles. The van der Waals surface area contributed by atoms with Crippen LogP contribution in [0.4, 0.5) is 0 Å². The van der Waals surface area contributed by atoms with Crippen molar-refractivity contribution < 1.29 is 0 Å². The van der Waals surface area contributed by atoms with Crippen molar-refractivity contribution in [3.05, 3.63) is 24.6 Å². The van der Waals surface area contributed by atoms with Crippen molar-refractivity contribution in [3.8, 4) is 0 Å². The van der Waals surface area contributed by atoms with E-state index in [2.05, 4.69) is 11.6 Å². The first kappa shape index (κ1) is 7.95. The van der Waals surface area contributed by atoms with Gasteiger partial charge in [0.25, 0.3) is 0 Å². The highest BCUT2D eigenvalue weighted by Crippen LogP contribution is 1.87. The molecule has 0 radical (unpaired) electrons. The first-order valence-corrected chi connectivity index (χ1v) is 2.80. The number of allylic oxidation sites excluding steroid dienone is 2. The van der Waals surface area contributed by atoms with Crippen LogP contribution in [0.15, 0.2) is 29.5 Å². The lowest BCUT2D eigenvalue weighted by atomic mass is 10.4. The van der Waals surface area contributed by atoms with Crippen LogP contribution in [0.25, 0.3) is 0 Å². The van der Waals surface area contributed by atoms with E-state index in [1.54, 1.807) is 12.2 Å². The summed E-state index contributed by atoms with van der Waals surface area (Å²) in [6.07, 6.45) is 3.41. The van der Waals surface area contributed by atoms with Gasteiger partial charge in [0.1, 0.15) is 5.82 Å². The second-order valence-electron chi connectivity index (χ2n) is 1.67. The minimum absolute atomic E-state index is 0.535. The molecule has 0 aromatic carbocycles. The van der Waals surface area contributed by atoms with Crippen molar-refractivity contribution in [1.82, 2.24) is 0 Å². The molecule has 0 aliphatic carbocycles. The van der Waals surface area contributed by atoms with Gasteiger partial charge in [-0.2, -0.15) is 0 Å². The molecule has 0 saturated carbocycles. The van der Waals surface area contributed by atoms with E-state index in [1.807, 2.05) is 13.8 Å². The summed E-state index contributed by atoms with van der Waals surface area (Å²) in [5.41, 5.74) is 6.21. The third kappa shape index (κ3) is 3.53. The number of hydrogen-bond acceptors (Lipinski definition) is 2. The van der Waals surface area contributed by atoms with Crippen LogP contribution in [0, 0.1) is 0 Å². The number of nitrogens with zero attached hydrogens (tertiary/aromatic N) is 1. The van der Waals surface area contributed by atoms with Crippen molar-refractivity contribution in [2.75, 3.05) is 0 Å². The molecule has 0 heterocycles. The van der Waals surface area contributed by atoms with Crippen LogP contribution in [0.5, 0.6) is 0 Å². The summed E-state index contributed by atoms with van der Waals surface area (Å²) in [7, 11) is 0. The van der Waals surface area contributed by atoms with Crippen LogP contribution in [0.3, 0.4) is 0 Å². The van der Waals surface area contributed by atoms with Gasteiger partial charge in [-0.1, -0.05) is 6.58 Å². The topological polar surface area (TPSA) is 38.4 Å². The molecule has 0 unspecified atom stereocenters. The first-order valence-electron chi connectivity index (χ1n) is 2.80. The van der Waals surface area contributed by atoms with E-state index in [0.29, 0.717) is 5.82 Å². The Bertz CT molecular complexity index is 154. The second-order valence-corrected chi connectivity index (χ2v) is 1.67. The molecular weight excluding hydrogens is 112 g/mol. The Morgan fingerprint density at radius 3 is 2.56 bits per heavy atom. The van der Waals surface area contributed by atoms with Gasteiger partial charge in [0.15, 0.2) is 0 Å². The summed E-state index contributed by atoms with van der Waals surface area (Å²) in [6, 6.07) is 0. The van der Waals surface area contributed by atoms with Crippen molar-refractivity contribution in [1.29, 1.82) is 0 Å². The number of aliphatic imine (C=N–C) groups is 1. The molecule has 0 aromatic rings. The highest BCUT2D eigenvalue weighted by molar-refractivity contribution is 5.92. The van der Waals surface area contributed by atoms with Crippen LogP contribution in [0.1, 0.15) is 13.8 Å². The predicted molar refractivity (Wildman–Crippen MR) is 41.3 cm³/mol. The molecule has 0 rings (SSSR count). The highest BCUT2D eigenvalue weighted by atomic mass is 14.9. The lowest BCUT2D eigenvalue weighted by Gasteiger charge is -1.90. The van der Waals surface area contributed by atoms with E-state index in [0.717, 1.165) is 5.71 Å². The summed E-state index contributed by atoms with van der Waals surface area (Å²) in [4.78, 5) is 3.95. The van der Waals surface area contributed by atoms with Crippen LogP contribution in [-0.2, 0) is 0 Å². The summed E-state index contributed by atoms with van der Waals surface area (Å²) in [5.74, 6) is 0.535. The maximum atomic E-state index is 5.38. The number of hydrogen-bond donors (Lipinski definition) is 1. The Kier molecular flexibility index (Phi) is 3.44. The molecule has 50 valence electrons. The van der Waals surface area contributed by atoms with Gasteiger partial charge in [0.05, 0.1) is 0 Å². The van der Waals surface area contributed by atoms with E-state index in [-0.39, 0.29) is 0 Å².